The summed E-state index contributed by atoms with van der Waals surface area (Å²) >= 11 is 0. The van der Waals surface area contributed by atoms with Crippen LogP contribution in [0.2, 0.25) is 0 Å². The highest BCUT2D eigenvalue weighted by Crippen LogP contribution is 2.29. The molecule has 3 aliphatic rings. The second kappa shape index (κ2) is 11.5. The molecule has 2 N–H and O–H groups in total. The molecule has 2 saturated heterocycles. The van der Waals surface area contributed by atoms with Crippen LogP contribution in [0, 0.1) is 23.2 Å². The van der Waals surface area contributed by atoms with Crippen molar-refractivity contribution in [2.45, 2.75) is 64.3 Å². The molecule has 1 aromatic rings. The summed E-state index contributed by atoms with van der Waals surface area (Å²) in [7, 11) is -3.70. The molecule has 12 heteroatoms. The van der Waals surface area contributed by atoms with Gasteiger partial charge in [0.25, 0.3) is 0 Å². The van der Waals surface area contributed by atoms with Gasteiger partial charge in [0.2, 0.25) is 21.8 Å². The Hall–Kier alpha value is -3.20. The van der Waals surface area contributed by atoms with Crippen LogP contribution >= 0.6 is 0 Å². The van der Waals surface area contributed by atoms with Crippen LogP contribution in [-0.4, -0.2) is 66.6 Å². The number of anilines is 1. The number of piperidine rings is 1. The number of nitrogens with one attached hydrogen (secondary N) is 1. The van der Waals surface area contributed by atoms with Gasteiger partial charge in [-0.15, -0.1) is 0 Å². The highest BCUT2D eigenvalue weighted by atomic mass is 32.2. The lowest BCUT2D eigenvalue weighted by Crippen LogP contribution is -2.44. The van der Waals surface area contributed by atoms with E-state index in [1.54, 1.807) is 4.90 Å². The molecule has 0 radical (unpaired) electrons. The number of nitrogens with zero attached hydrogens (tertiary/aromatic N) is 4. The first-order valence-electron chi connectivity index (χ1n) is 12.9. The van der Waals surface area contributed by atoms with Gasteiger partial charge in [0, 0.05) is 32.0 Å². The summed E-state index contributed by atoms with van der Waals surface area (Å²) < 4.78 is 27.4. The largest absolute Gasteiger partial charge is 0.478 e. The Balaban J connectivity index is 1.43. The van der Waals surface area contributed by atoms with Gasteiger partial charge in [0.1, 0.15) is 11.9 Å². The zero-order valence-electron chi connectivity index (χ0n) is 20.8. The van der Waals surface area contributed by atoms with Crippen LogP contribution in [0.5, 0.6) is 0 Å². The molecule has 0 atom stereocenters. The van der Waals surface area contributed by atoms with Gasteiger partial charge in [0.05, 0.1) is 29.1 Å². The first kappa shape index (κ1) is 26.9. The van der Waals surface area contributed by atoms with E-state index < -0.39 is 27.8 Å². The van der Waals surface area contributed by atoms with Crippen LogP contribution in [0.15, 0.2) is 6.07 Å². The summed E-state index contributed by atoms with van der Waals surface area (Å²) in [6.45, 7) is 1.30. The van der Waals surface area contributed by atoms with Gasteiger partial charge in [-0.25, -0.2) is 18.2 Å². The molecule has 200 valence electrons. The monoisotopic (exact) mass is 531 g/mol. The zero-order valence-corrected chi connectivity index (χ0v) is 21.6. The number of pyridine rings is 1. The van der Waals surface area contributed by atoms with Crippen molar-refractivity contribution in [1.82, 2.24) is 14.6 Å². The Bertz CT molecular complexity index is 1200. The van der Waals surface area contributed by atoms with Crippen LogP contribution in [0.1, 0.15) is 79.4 Å². The minimum atomic E-state index is -3.70. The fraction of sp³-hybridized carbons (Fsp3) is 0.640. The van der Waals surface area contributed by atoms with Crippen molar-refractivity contribution in [1.29, 1.82) is 5.26 Å². The molecular weight excluding hydrogens is 498 g/mol. The van der Waals surface area contributed by atoms with Gasteiger partial charge in [-0.2, -0.15) is 5.26 Å². The number of carbonyl (C=O) groups excluding carboxylic acids is 2. The number of rotatable bonds is 8. The Kier molecular flexibility index (Phi) is 8.32. The quantitative estimate of drug-likeness (QED) is 0.511. The molecule has 0 bridgehead atoms. The van der Waals surface area contributed by atoms with E-state index >= 15 is 0 Å². The summed E-state index contributed by atoms with van der Waals surface area (Å²) in [4.78, 5) is 44.6. The fourth-order valence-electron chi connectivity index (χ4n) is 5.52. The number of carboxylic acids is 1. The molecule has 2 amide bonds. The van der Waals surface area contributed by atoms with Crippen LogP contribution < -0.4 is 9.62 Å². The molecule has 2 aliphatic heterocycles. The van der Waals surface area contributed by atoms with Crippen molar-refractivity contribution < 1.29 is 27.9 Å². The summed E-state index contributed by atoms with van der Waals surface area (Å²) in [6, 6.07) is 3.30. The van der Waals surface area contributed by atoms with Crippen molar-refractivity contribution >= 4 is 33.6 Å². The maximum absolute atomic E-state index is 12.7. The molecule has 11 nitrogen and oxygen atoms in total. The molecule has 3 heterocycles. The number of likely N-dealkylation sites (tertiary alicyclic amines) is 1. The predicted octanol–water partition coefficient (Wildman–Crippen LogP) is 2.02. The summed E-state index contributed by atoms with van der Waals surface area (Å²) in [5.41, 5.74) is 0.203. The highest BCUT2D eigenvalue weighted by Gasteiger charge is 2.32. The standard InChI is InChI=1S/C25H33N5O6S/c26-14-19-13-20(25(33)34)21(15-30-10-4-7-22(30)31)27-23(19)29-11-8-18(9-12-29)24(32)28-37(35,36)16-17-5-2-1-3-6-17/h13,17-18H,1-12,15-16H2,(H,28,32)(H,33,34). The lowest BCUT2D eigenvalue weighted by Gasteiger charge is -2.33. The van der Waals surface area contributed by atoms with Crippen LogP contribution in [0.4, 0.5) is 5.82 Å². The number of carbonyl (C=O) groups is 3. The minimum absolute atomic E-state index is 0.0226. The van der Waals surface area contributed by atoms with Crippen molar-refractivity contribution in [3.05, 3.63) is 22.9 Å². The number of amides is 2. The van der Waals surface area contributed by atoms with Gasteiger partial charge in [-0.1, -0.05) is 19.3 Å². The zero-order chi connectivity index (χ0) is 26.6. The van der Waals surface area contributed by atoms with Crippen molar-refractivity contribution in [3.8, 4) is 6.07 Å². The Morgan fingerprint density at radius 1 is 1.11 bits per heavy atom. The number of hydrogen-bond acceptors (Lipinski definition) is 8. The molecule has 1 saturated carbocycles. The molecular formula is C25H33N5O6S. The highest BCUT2D eigenvalue weighted by molar-refractivity contribution is 7.90. The number of hydrogen-bond donors (Lipinski definition) is 2. The van der Waals surface area contributed by atoms with E-state index in [0.717, 1.165) is 32.1 Å². The Morgan fingerprint density at radius 3 is 2.41 bits per heavy atom. The van der Waals surface area contributed by atoms with E-state index in [0.29, 0.717) is 51.1 Å². The second-order valence-electron chi connectivity index (χ2n) is 10.2. The van der Waals surface area contributed by atoms with Crippen LogP contribution in [0.3, 0.4) is 0 Å². The number of nitriles is 1. The van der Waals surface area contributed by atoms with Gasteiger partial charge in [-0.3, -0.25) is 14.3 Å². The lowest BCUT2D eigenvalue weighted by atomic mass is 9.91. The number of sulfonamides is 1. The van der Waals surface area contributed by atoms with Crippen molar-refractivity contribution in [3.63, 3.8) is 0 Å². The molecule has 3 fully saturated rings. The van der Waals surface area contributed by atoms with Gasteiger partial charge < -0.3 is 14.9 Å². The van der Waals surface area contributed by atoms with E-state index in [1.165, 1.54) is 6.07 Å². The van der Waals surface area contributed by atoms with Gasteiger partial charge in [-0.05, 0) is 44.1 Å². The average Bonchev–Trinajstić information content (AvgIpc) is 3.27. The number of carboxylic acid groups (broad SMARTS) is 1. The van der Waals surface area contributed by atoms with Gasteiger partial charge in [0.15, 0.2) is 0 Å². The molecule has 0 unspecified atom stereocenters. The molecule has 0 spiro atoms. The third kappa shape index (κ3) is 6.57. The summed E-state index contributed by atoms with van der Waals surface area (Å²) in [5, 5.41) is 19.3. The minimum Gasteiger partial charge on any atom is -0.478 e. The molecule has 1 aromatic heterocycles. The fourth-order valence-corrected chi connectivity index (χ4v) is 7.03. The van der Waals surface area contributed by atoms with E-state index in [9.17, 15) is 33.2 Å². The van der Waals surface area contributed by atoms with E-state index in [2.05, 4.69) is 9.71 Å². The maximum Gasteiger partial charge on any atom is 0.337 e. The van der Waals surface area contributed by atoms with E-state index in [-0.39, 0.29) is 40.9 Å². The van der Waals surface area contributed by atoms with Crippen molar-refractivity contribution in [2.24, 2.45) is 11.8 Å². The predicted molar refractivity (Wildman–Crippen MR) is 134 cm³/mol. The number of aromatic nitrogens is 1. The summed E-state index contributed by atoms with van der Waals surface area (Å²) in [5.74, 6) is -1.88. The maximum atomic E-state index is 12.7. The van der Waals surface area contributed by atoms with Crippen LogP contribution in [-0.2, 0) is 26.2 Å². The molecule has 4 rings (SSSR count). The molecule has 37 heavy (non-hydrogen) atoms. The smallest absolute Gasteiger partial charge is 0.337 e. The first-order chi connectivity index (χ1) is 17.7. The average molecular weight is 532 g/mol. The third-order valence-electron chi connectivity index (χ3n) is 7.55. The first-order valence-corrected chi connectivity index (χ1v) is 14.6. The van der Waals surface area contributed by atoms with E-state index in [4.69, 9.17) is 0 Å². The normalized spacial score (nSPS) is 19.6. The lowest BCUT2D eigenvalue weighted by molar-refractivity contribution is -0.128. The molecule has 1 aliphatic carbocycles. The Morgan fingerprint density at radius 2 is 1.81 bits per heavy atom. The van der Waals surface area contributed by atoms with E-state index in [1.807, 2.05) is 11.0 Å². The Labute approximate surface area is 216 Å². The summed E-state index contributed by atoms with van der Waals surface area (Å²) in [6.07, 6.45) is 6.78. The number of aromatic carboxylic acids is 1. The topological polar surface area (TPSA) is 161 Å². The third-order valence-corrected chi connectivity index (χ3v) is 8.97. The second-order valence-corrected chi connectivity index (χ2v) is 12.0. The SMILES string of the molecule is N#Cc1cc(C(=O)O)c(CN2CCCC2=O)nc1N1CCC(C(=O)NS(=O)(=O)CC2CCCCC2)CC1. The van der Waals surface area contributed by atoms with Gasteiger partial charge >= 0.3 is 5.97 Å². The molecule has 0 aromatic carbocycles. The van der Waals surface area contributed by atoms with Crippen LogP contribution in [0.25, 0.3) is 0 Å². The van der Waals surface area contributed by atoms with Crippen molar-refractivity contribution in [2.75, 3.05) is 30.3 Å².